The molecule has 0 aliphatic carbocycles. The van der Waals surface area contributed by atoms with Gasteiger partial charge in [0.25, 0.3) is 0 Å². The summed E-state index contributed by atoms with van der Waals surface area (Å²) < 4.78 is 0. The van der Waals surface area contributed by atoms with Gasteiger partial charge in [0.2, 0.25) is 0 Å². The van der Waals surface area contributed by atoms with E-state index in [0.29, 0.717) is 0 Å². The van der Waals surface area contributed by atoms with Gasteiger partial charge in [0, 0.05) is 0 Å². The second kappa shape index (κ2) is 10.5. The van der Waals surface area contributed by atoms with Crippen LogP contribution < -0.4 is 0 Å². The molecule has 16 heavy (non-hydrogen) atoms. The smallest absolute Gasteiger partial charge is 0.155 e. The van der Waals surface area contributed by atoms with Crippen molar-refractivity contribution in [3.8, 4) is 5.75 Å². The zero-order chi connectivity index (χ0) is 9.46. The highest BCUT2D eigenvalue weighted by molar-refractivity contribution is 6.55. The first-order valence-electron chi connectivity index (χ1n) is 2.67. The van der Waals surface area contributed by atoms with Crippen molar-refractivity contribution in [3.05, 3.63) is 25.1 Å². The van der Waals surface area contributed by atoms with E-state index >= 15 is 0 Å². The molecule has 0 fully saturated rings. The first-order chi connectivity index (χ1) is 5.46. The number of aromatic hydroxyl groups is 1. The molecular weight excluding hydrogens is 407 g/mol. The fourth-order valence-electron chi connectivity index (χ4n) is 0.593. The Bertz CT molecular complexity index is 234. The van der Waals surface area contributed by atoms with Crippen LogP contribution in [0.25, 0.3) is 0 Å². The van der Waals surface area contributed by atoms with E-state index < -0.39 is 0 Å². The van der Waals surface area contributed by atoms with Crippen LogP contribution in [0.2, 0.25) is 25.1 Å². The summed E-state index contributed by atoms with van der Waals surface area (Å²) in [4.78, 5) is 0. The third-order valence-electron chi connectivity index (χ3n) is 1.19. The molecule has 0 unspecified atom stereocenters. The molecule has 1 N–H and O–H groups in total. The van der Waals surface area contributed by atoms with Crippen LogP contribution in [-0.4, -0.2) is 5.11 Å². The molecule has 0 saturated carbocycles. The summed E-state index contributed by atoms with van der Waals surface area (Å²) in [5.74, 6) is -0.363. The lowest BCUT2D eigenvalue weighted by Crippen LogP contribution is -1.78. The molecule has 0 atom stereocenters. The van der Waals surface area contributed by atoms with Crippen molar-refractivity contribution in [2.75, 3.05) is 0 Å². The Morgan fingerprint density at radius 3 is 0.938 bits per heavy atom. The fourth-order valence-corrected chi connectivity index (χ4v) is 1.72. The largest absolute Gasteiger partial charge is 0.505 e. The number of phenols is 1. The van der Waals surface area contributed by atoms with E-state index in [9.17, 15) is 5.11 Å². The molecule has 0 spiro atoms. The van der Waals surface area contributed by atoms with Gasteiger partial charge in [0.15, 0.2) is 5.75 Å². The predicted octanol–water partition coefficient (Wildman–Crippen LogP) is 6.35. The Kier molecular flexibility index (Phi) is 17.3. The Morgan fingerprint density at radius 2 is 0.688 bits per heavy atom. The quantitative estimate of drug-likeness (QED) is 0.389. The minimum Gasteiger partial charge on any atom is -0.505 e. The highest BCUT2D eigenvalue weighted by Crippen LogP contribution is 2.47. The topological polar surface area (TPSA) is 20.2 Å². The van der Waals surface area contributed by atoms with Crippen LogP contribution in [0, 0.1) is 0 Å². The summed E-state index contributed by atoms with van der Waals surface area (Å²) in [6.07, 6.45) is 0. The van der Waals surface area contributed by atoms with E-state index in [-0.39, 0.29) is 80.5 Å². The fraction of sp³-hybridized carbons (Fsp3) is 0. The van der Waals surface area contributed by atoms with Crippen LogP contribution in [0.4, 0.5) is 0 Å². The minimum atomic E-state index is -0.363. The number of benzene rings is 1. The zero-order valence-corrected chi connectivity index (χ0v) is 14.0. The van der Waals surface area contributed by atoms with Gasteiger partial charge in [0.05, 0.1) is 15.1 Å². The molecule has 0 aromatic heterocycles. The highest BCUT2D eigenvalue weighted by atomic mass is 35.5. The summed E-state index contributed by atoms with van der Waals surface area (Å²) in [6.45, 7) is 0. The molecule has 0 aliphatic rings. The van der Waals surface area contributed by atoms with E-state index in [4.69, 9.17) is 58.0 Å². The maximum Gasteiger partial charge on any atom is 0.155 e. The van der Waals surface area contributed by atoms with E-state index in [1.54, 1.807) is 0 Å². The van der Waals surface area contributed by atoms with E-state index in [0.717, 1.165) is 0 Å². The van der Waals surface area contributed by atoms with Crippen LogP contribution in [0.5, 0.6) is 5.75 Å². The molecule has 0 amide bonds. The molecule has 1 aromatic rings. The standard InChI is InChI=1S/C6HCl5O.4ClH/c7-1-2(8)4(10)6(12)5(11)3(1)9;;;;/h12H;4*1H. The summed E-state index contributed by atoms with van der Waals surface area (Å²) in [5, 5.41) is 9.01. The van der Waals surface area contributed by atoms with Gasteiger partial charge in [-0.15, -0.1) is 49.6 Å². The first-order valence-corrected chi connectivity index (χ1v) is 4.56. The third-order valence-corrected chi connectivity index (χ3v) is 3.44. The molecule has 1 rings (SSSR count). The molecule has 10 heteroatoms. The van der Waals surface area contributed by atoms with E-state index in [1.165, 1.54) is 0 Å². The van der Waals surface area contributed by atoms with Gasteiger partial charge in [-0.2, -0.15) is 0 Å². The van der Waals surface area contributed by atoms with Crippen molar-refractivity contribution in [3.63, 3.8) is 0 Å². The van der Waals surface area contributed by atoms with E-state index in [2.05, 4.69) is 0 Å². The second-order valence-corrected chi connectivity index (χ2v) is 3.81. The molecule has 1 aromatic carbocycles. The zero-order valence-electron chi connectivity index (χ0n) is 6.97. The van der Waals surface area contributed by atoms with Crippen molar-refractivity contribution < 1.29 is 5.11 Å². The lowest BCUT2D eigenvalue weighted by atomic mass is 10.3. The van der Waals surface area contributed by atoms with Crippen molar-refractivity contribution in [1.29, 1.82) is 0 Å². The molecule has 0 saturated heterocycles. The lowest BCUT2D eigenvalue weighted by Gasteiger charge is -2.06. The summed E-state index contributed by atoms with van der Waals surface area (Å²) in [7, 11) is 0. The summed E-state index contributed by atoms with van der Waals surface area (Å²) in [6, 6.07) is 0. The van der Waals surface area contributed by atoms with Gasteiger partial charge in [0.1, 0.15) is 10.0 Å². The maximum absolute atomic E-state index is 9.20. The molecule has 0 radical (unpaired) electrons. The molecule has 1 nitrogen and oxygen atoms in total. The second-order valence-electron chi connectivity index (χ2n) is 1.92. The number of phenolic OH excluding ortho intramolecular Hbond substituents is 1. The minimum absolute atomic E-state index is 0. The first kappa shape index (κ1) is 26.2. The Balaban J connectivity index is -0.000000180. The SMILES string of the molecule is Cl.Cl.Cl.Cl.Oc1c(Cl)c(Cl)c(Cl)c(Cl)c1Cl. The molecule has 0 bridgehead atoms. The average Bonchev–Trinajstić information content (AvgIpc) is 2.08. The van der Waals surface area contributed by atoms with Crippen molar-refractivity contribution in [1.82, 2.24) is 0 Å². The third kappa shape index (κ3) is 5.09. The summed E-state index contributed by atoms with van der Waals surface area (Å²) >= 11 is 27.9. The number of hydrogen-bond acceptors (Lipinski definition) is 1. The molecular formula is C6H5Cl9O. The van der Waals surface area contributed by atoms with Crippen molar-refractivity contribution in [2.24, 2.45) is 0 Å². The van der Waals surface area contributed by atoms with Gasteiger partial charge in [-0.25, -0.2) is 0 Å². The average molecular weight is 412 g/mol. The number of halogens is 9. The maximum atomic E-state index is 9.20. The van der Waals surface area contributed by atoms with Crippen LogP contribution in [0.3, 0.4) is 0 Å². The predicted molar refractivity (Wildman–Crippen MR) is 82.1 cm³/mol. The summed E-state index contributed by atoms with van der Waals surface area (Å²) in [5.41, 5.74) is 0. The van der Waals surface area contributed by atoms with Gasteiger partial charge < -0.3 is 5.11 Å². The highest BCUT2D eigenvalue weighted by Gasteiger charge is 2.17. The normalized spacial score (nSPS) is 7.81. The number of hydrogen-bond donors (Lipinski definition) is 1. The van der Waals surface area contributed by atoms with Crippen molar-refractivity contribution in [2.45, 2.75) is 0 Å². The Labute approximate surface area is 142 Å². The molecule has 0 heterocycles. The Hall–Kier alpha value is 1.63. The van der Waals surface area contributed by atoms with Crippen LogP contribution in [0.1, 0.15) is 0 Å². The van der Waals surface area contributed by atoms with Gasteiger partial charge in [-0.3, -0.25) is 0 Å². The molecule has 0 aliphatic heterocycles. The van der Waals surface area contributed by atoms with Crippen molar-refractivity contribution >= 4 is 108 Å². The van der Waals surface area contributed by atoms with E-state index in [1.807, 2.05) is 0 Å². The van der Waals surface area contributed by atoms with Gasteiger partial charge in [-0.05, 0) is 0 Å². The van der Waals surface area contributed by atoms with Gasteiger partial charge >= 0.3 is 0 Å². The van der Waals surface area contributed by atoms with Gasteiger partial charge in [-0.1, -0.05) is 58.0 Å². The van der Waals surface area contributed by atoms with Crippen LogP contribution in [-0.2, 0) is 0 Å². The molecule has 98 valence electrons. The van der Waals surface area contributed by atoms with Crippen LogP contribution >= 0.6 is 108 Å². The monoisotopic (exact) mass is 408 g/mol. The Morgan fingerprint density at radius 1 is 0.500 bits per heavy atom. The van der Waals surface area contributed by atoms with Crippen LogP contribution in [0.15, 0.2) is 0 Å². The number of rotatable bonds is 0. The lowest BCUT2D eigenvalue weighted by molar-refractivity contribution is 0.476.